The Morgan fingerprint density at radius 3 is 2.39 bits per heavy atom. The van der Waals surface area contributed by atoms with Gasteiger partial charge in [0, 0.05) is 17.3 Å². The topological polar surface area (TPSA) is 131 Å². The molecule has 3 aromatic rings. The molecule has 28 heavy (non-hydrogen) atoms. The van der Waals surface area contributed by atoms with E-state index in [-0.39, 0.29) is 11.5 Å². The van der Waals surface area contributed by atoms with Crippen molar-refractivity contribution in [1.29, 1.82) is 0 Å². The van der Waals surface area contributed by atoms with E-state index in [1.54, 1.807) is 0 Å². The maximum Gasteiger partial charge on any atom is 0.439 e. The minimum Gasteiger partial charge on any atom is -0.322 e. The third-order valence-corrected chi connectivity index (χ3v) is 3.62. The van der Waals surface area contributed by atoms with E-state index in [4.69, 9.17) is 0 Å². The van der Waals surface area contributed by atoms with Gasteiger partial charge in [-0.1, -0.05) is 5.16 Å². The lowest BCUT2D eigenvalue weighted by molar-refractivity contribution is -0.385. The zero-order valence-electron chi connectivity index (χ0n) is 13.6. The second kappa shape index (κ2) is 6.98. The van der Waals surface area contributed by atoms with Crippen LogP contribution in [0.2, 0.25) is 0 Å². The van der Waals surface area contributed by atoms with Gasteiger partial charge in [0.25, 0.3) is 11.6 Å². The number of alkyl halides is 3. The van der Waals surface area contributed by atoms with Crippen molar-refractivity contribution < 1.29 is 27.4 Å². The van der Waals surface area contributed by atoms with Gasteiger partial charge in [-0.2, -0.15) is 13.2 Å². The van der Waals surface area contributed by atoms with Crippen LogP contribution in [0, 0.1) is 10.1 Å². The lowest BCUT2D eigenvalue weighted by atomic mass is 10.1. The summed E-state index contributed by atoms with van der Waals surface area (Å²) in [7, 11) is 0. The van der Waals surface area contributed by atoms with Gasteiger partial charge in [0.05, 0.1) is 10.5 Å². The van der Waals surface area contributed by atoms with Crippen LogP contribution in [0.25, 0.3) is 11.4 Å². The molecule has 0 aliphatic rings. The van der Waals surface area contributed by atoms with Gasteiger partial charge in [0.1, 0.15) is 5.56 Å². The summed E-state index contributed by atoms with van der Waals surface area (Å²) in [5.74, 6) is -1.55. The Morgan fingerprint density at radius 1 is 1.18 bits per heavy atom. The molecule has 0 aliphatic heterocycles. The lowest BCUT2D eigenvalue weighted by Gasteiger charge is -2.09. The van der Waals surface area contributed by atoms with E-state index in [0.717, 1.165) is 6.07 Å². The Morgan fingerprint density at radius 2 is 1.86 bits per heavy atom. The summed E-state index contributed by atoms with van der Waals surface area (Å²) in [5.41, 5.74) is -2.05. The molecular weight excluding hydrogens is 385 g/mol. The number of hydrogen-bond acceptors (Lipinski definition) is 6. The zero-order valence-corrected chi connectivity index (χ0v) is 13.6. The number of carbonyl (C=O) groups excluding carboxylic acids is 1. The smallest absolute Gasteiger partial charge is 0.322 e. The third-order valence-electron chi connectivity index (χ3n) is 3.62. The molecule has 0 unspecified atom stereocenters. The summed E-state index contributed by atoms with van der Waals surface area (Å²) in [4.78, 5) is 35.6. The average molecular weight is 394 g/mol. The highest BCUT2D eigenvalue weighted by Gasteiger charge is 2.34. The van der Waals surface area contributed by atoms with Gasteiger partial charge in [0.2, 0.25) is 0 Å². The third kappa shape index (κ3) is 3.90. The number of aromatic nitrogens is 2. The maximum absolute atomic E-state index is 12.7. The number of anilines is 1. The Bertz CT molecular complexity index is 1100. The number of rotatable bonds is 4. The van der Waals surface area contributed by atoms with Gasteiger partial charge in [0.15, 0.2) is 5.82 Å². The number of carbonyl (C=O) groups is 1. The van der Waals surface area contributed by atoms with Crippen LogP contribution in [-0.4, -0.2) is 21.0 Å². The van der Waals surface area contributed by atoms with Gasteiger partial charge in [-0.05, 0) is 36.4 Å². The number of hydrogen-bond donors (Lipinski definition) is 2. The van der Waals surface area contributed by atoms with Crippen molar-refractivity contribution in [3.8, 4) is 11.4 Å². The van der Waals surface area contributed by atoms with Crippen molar-refractivity contribution in [2.45, 2.75) is 6.18 Å². The lowest BCUT2D eigenvalue weighted by Crippen LogP contribution is -2.15. The van der Waals surface area contributed by atoms with Crippen LogP contribution in [0.4, 0.5) is 24.5 Å². The summed E-state index contributed by atoms with van der Waals surface area (Å²) in [6.45, 7) is 0. The number of nitro benzene ring substituents is 1. The molecule has 0 fully saturated rings. The molecule has 0 radical (unpaired) electrons. The van der Waals surface area contributed by atoms with E-state index in [9.17, 15) is 32.9 Å². The molecule has 1 amide bonds. The van der Waals surface area contributed by atoms with Crippen LogP contribution < -0.4 is 11.1 Å². The first-order valence-electron chi connectivity index (χ1n) is 7.48. The molecular formula is C16H9F3N4O5. The van der Waals surface area contributed by atoms with E-state index in [2.05, 4.69) is 20.0 Å². The van der Waals surface area contributed by atoms with Crippen molar-refractivity contribution in [2.75, 3.05) is 5.32 Å². The molecule has 0 aliphatic carbocycles. The first-order valence-corrected chi connectivity index (χ1v) is 7.48. The van der Waals surface area contributed by atoms with Crippen molar-refractivity contribution in [2.24, 2.45) is 0 Å². The first-order chi connectivity index (χ1) is 13.1. The molecule has 2 aromatic carbocycles. The fraction of sp³-hybridized carbons (Fsp3) is 0.0625. The molecule has 0 bridgehead atoms. The molecule has 1 heterocycles. The van der Waals surface area contributed by atoms with E-state index in [1.807, 2.05) is 0 Å². The molecule has 0 spiro atoms. The number of aromatic amines is 1. The molecule has 1 aromatic heterocycles. The standard InChI is InChI=1S/C16H9F3N4O5/c17-16(18,19)9-3-6-11(12(7-9)23(26)27)14(24)20-10-4-1-8(2-5-10)13-21-15(25)28-22-13/h1-7H,(H,20,24)(H,21,22,25). The zero-order chi connectivity index (χ0) is 20.5. The normalized spacial score (nSPS) is 11.2. The van der Waals surface area contributed by atoms with E-state index in [1.165, 1.54) is 24.3 Å². The van der Waals surface area contributed by atoms with Crippen LogP contribution in [0.3, 0.4) is 0 Å². The second-order valence-corrected chi connectivity index (χ2v) is 5.46. The molecule has 12 heteroatoms. The van der Waals surface area contributed by atoms with Gasteiger partial charge in [-0.25, -0.2) is 4.79 Å². The molecule has 9 nitrogen and oxygen atoms in total. The summed E-state index contributed by atoms with van der Waals surface area (Å²) < 4.78 is 42.6. The minimum atomic E-state index is -4.78. The quantitative estimate of drug-likeness (QED) is 0.516. The molecule has 0 saturated heterocycles. The Labute approximate surface area is 152 Å². The van der Waals surface area contributed by atoms with Crippen LogP contribution in [0.5, 0.6) is 0 Å². The molecule has 2 N–H and O–H groups in total. The average Bonchev–Trinajstić information content (AvgIpc) is 3.07. The predicted octanol–water partition coefficient (Wildman–Crippen LogP) is 3.21. The fourth-order valence-corrected chi connectivity index (χ4v) is 2.32. The van der Waals surface area contributed by atoms with Crippen molar-refractivity contribution in [1.82, 2.24) is 10.1 Å². The van der Waals surface area contributed by atoms with E-state index < -0.39 is 39.6 Å². The minimum absolute atomic E-state index is 0.154. The van der Waals surface area contributed by atoms with Crippen LogP contribution in [-0.2, 0) is 6.18 Å². The van der Waals surface area contributed by atoms with Crippen LogP contribution in [0.15, 0.2) is 51.8 Å². The van der Waals surface area contributed by atoms with Crippen LogP contribution in [0.1, 0.15) is 15.9 Å². The number of amides is 1. The van der Waals surface area contributed by atoms with Crippen molar-refractivity contribution in [3.05, 3.63) is 74.3 Å². The van der Waals surface area contributed by atoms with Gasteiger partial charge >= 0.3 is 11.9 Å². The van der Waals surface area contributed by atoms with Gasteiger partial charge in [-0.15, -0.1) is 0 Å². The Hall–Kier alpha value is -3.96. The second-order valence-electron chi connectivity index (χ2n) is 5.46. The molecule has 3 rings (SSSR count). The highest BCUT2D eigenvalue weighted by molar-refractivity contribution is 6.07. The summed E-state index contributed by atoms with van der Waals surface area (Å²) in [6.07, 6.45) is -4.78. The van der Waals surface area contributed by atoms with Gasteiger partial charge < -0.3 is 5.32 Å². The Balaban J connectivity index is 1.84. The largest absolute Gasteiger partial charge is 0.439 e. The maximum atomic E-state index is 12.7. The molecule has 0 saturated carbocycles. The number of nitro groups is 1. The van der Waals surface area contributed by atoms with Crippen LogP contribution >= 0.6 is 0 Å². The van der Waals surface area contributed by atoms with Crippen molar-refractivity contribution in [3.63, 3.8) is 0 Å². The van der Waals surface area contributed by atoms with E-state index >= 15 is 0 Å². The highest BCUT2D eigenvalue weighted by atomic mass is 19.4. The summed E-state index contributed by atoms with van der Waals surface area (Å²) in [5, 5.41) is 16.9. The van der Waals surface area contributed by atoms with Crippen molar-refractivity contribution >= 4 is 17.3 Å². The van der Waals surface area contributed by atoms with E-state index in [0.29, 0.717) is 17.7 Å². The van der Waals surface area contributed by atoms with Gasteiger partial charge in [-0.3, -0.25) is 24.4 Å². The number of halogens is 3. The molecule has 144 valence electrons. The number of nitrogens with one attached hydrogen (secondary N) is 2. The monoisotopic (exact) mass is 394 g/mol. The summed E-state index contributed by atoms with van der Waals surface area (Å²) in [6, 6.07) is 7.41. The number of benzene rings is 2. The highest BCUT2D eigenvalue weighted by Crippen LogP contribution is 2.33. The SMILES string of the molecule is O=C(Nc1ccc(-c2noc(=O)[nH]2)cc1)c1ccc(C(F)(F)F)cc1[N+](=O)[O-]. The number of H-pyrrole nitrogens is 1. The predicted molar refractivity (Wildman–Crippen MR) is 88.6 cm³/mol. The molecule has 0 atom stereocenters. The Kier molecular flexibility index (Phi) is 4.69. The summed E-state index contributed by atoms with van der Waals surface area (Å²) >= 11 is 0. The fourth-order valence-electron chi connectivity index (χ4n) is 2.32. The first kappa shape index (κ1) is 18.8. The number of nitrogens with zero attached hydrogens (tertiary/aromatic N) is 2.